The number of rotatable bonds is 6. The summed E-state index contributed by atoms with van der Waals surface area (Å²) in [6.45, 7) is 2.22. The van der Waals surface area contributed by atoms with Gasteiger partial charge in [0.05, 0.1) is 0 Å². The van der Waals surface area contributed by atoms with Gasteiger partial charge in [-0.3, -0.25) is 0 Å². The fourth-order valence-corrected chi connectivity index (χ4v) is 3.46. The molecule has 0 saturated heterocycles. The summed E-state index contributed by atoms with van der Waals surface area (Å²) in [7, 11) is 0. The first-order valence-electron chi connectivity index (χ1n) is 9.71. The molecule has 142 valence electrons. The second-order valence-electron chi connectivity index (χ2n) is 6.66. The molecule has 0 saturated carbocycles. The number of hydrogen-bond acceptors (Lipinski definition) is 3. The average molecular weight is 378 g/mol. The Kier molecular flexibility index (Phi) is 5.72. The molecule has 4 rings (SSSR count). The standard InChI is InChI=1S/C25H22N4/c1-2-23(20-9-5-3-6-10-20)25(21-11-7-4-8-12-21)22-16-13-19(14-17-22)15-18-24-26-28-29-27-24/h3-18H,2H2,1H3,(H,26,27,28,29)/b18-15+,25-23-. The van der Waals surface area contributed by atoms with Crippen molar-refractivity contribution in [3.63, 3.8) is 0 Å². The Labute approximate surface area is 170 Å². The summed E-state index contributed by atoms with van der Waals surface area (Å²) >= 11 is 0. The van der Waals surface area contributed by atoms with Crippen LogP contribution in [0.1, 0.15) is 41.4 Å². The van der Waals surface area contributed by atoms with E-state index in [-0.39, 0.29) is 0 Å². The molecule has 4 nitrogen and oxygen atoms in total. The Morgan fingerprint density at radius 1 is 0.759 bits per heavy atom. The molecule has 0 spiro atoms. The Morgan fingerprint density at radius 2 is 1.38 bits per heavy atom. The zero-order chi connectivity index (χ0) is 19.9. The number of H-pyrrole nitrogens is 1. The summed E-state index contributed by atoms with van der Waals surface area (Å²) in [6.07, 6.45) is 4.78. The quantitative estimate of drug-likeness (QED) is 0.435. The summed E-state index contributed by atoms with van der Waals surface area (Å²) < 4.78 is 0. The zero-order valence-corrected chi connectivity index (χ0v) is 16.3. The monoisotopic (exact) mass is 378 g/mol. The fraction of sp³-hybridized carbons (Fsp3) is 0.0800. The van der Waals surface area contributed by atoms with E-state index in [1.807, 2.05) is 12.2 Å². The molecule has 29 heavy (non-hydrogen) atoms. The first-order valence-corrected chi connectivity index (χ1v) is 9.71. The number of aromatic amines is 1. The van der Waals surface area contributed by atoms with Crippen LogP contribution >= 0.6 is 0 Å². The van der Waals surface area contributed by atoms with Gasteiger partial charge in [-0.25, -0.2) is 0 Å². The van der Waals surface area contributed by atoms with Crippen molar-refractivity contribution in [3.05, 3.63) is 113 Å². The molecule has 4 heteroatoms. The highest BCUT2D eigenvalue weighted by Gasteiger charge is 2.12. The lowest BCUT2D eigenvalue weighted by atomic mass is 9.88. The molecular formula is C25H22N4. The SMILES string of the molecule is CC/C(=C(\c1ccccc1)c1ccc(/C=C/c2nn[nH]n2)cc1)c1ccccc1. The fourth-order valence-electron chi connectivity index (χ4n) is 3.46. The molecule has 4 aromatic rings. The third-order valence-corrected chi connectivity index (χ3v) is 4.83. The predicted molar refractivity (Wildman–Crippen MR) is 119 cm³/mol. The van der Waals surface area contributed by atoms with Crippen LogP contribution < -0.4 is 0 Å². The first-order chi connectivity index (χ1) is 14.3. The van der Waals surface area contributed by atoms with Crippen molar-refractivity contribution < 1.29 is 0 Å². The largest absolute Gasteiger partial charge is 0.197 e. The minimum Gasteiger partial charge on any atom is -0.177 e. The molecule has 0 unspecified atom stereocenters. The van der Waals surface area contributed by atoms with Gasteiger partial charge in [0.1, 0.15) is 0 Å². The second-order valence-corrected chi connectivity index (χ2v) is 6.66. The Hall–Kier alpha value is -3.79. The average Bonchev–Trinajstić information content (AvgIpc) is 3.31. The number of aromatic nitrogens is 4. The van der Waals surface area contributed by atoms with E-state index >= 15 is 0 Å². The van der Waals surface area contributed by atoms with Crippen molar-refractivity contribution in [2.75, 3.05) is 0 Å². The van der Waals surface area contributed by atoms with Crippen molar-refractivity contribution in [2.24, 2.45) is 0 Å². The molecule has 0 amide bonds. The van der Waals surface area contributed by atoms with E-state index in [1.54, 1.807) is 0 Å². The molecule has 0 fully saturated rings. The van der Waals surface area contributed by atoms with E-state index in [0.29, 0.717) is 5.82 Å². The van der Waals surface area contributed by atoms with E-state index in [1.165, 1.54) is 27.8 Å². The highest BCUT2D eigenvalue weighted by Crippen LogP contribution is 2.34. The molecule has 0 aliphatic heterocycles. The number of hydrogen-bond donors (Lipinski definition) is 1. The van der Waals surface area contributed by atoms with Gasteiger partial charge in [-0.2, -0.15) is 5.21 Å². The smallest absolute Gasteiger partial charge is 0.177 e. The third kappa shape index (κ3) is 4.38. The molecule has 1 aromatic heterocycles. The van der Waals surface area contributed by atoms with Crippen LogP contribution in [0.4, 0.5) is 0 Å². The molecule has 1 heterocycles. The lowest BCUT2D eigenvalue weighted by Crippen LogP contribution is -1.95. The summed E-state index contributed by atoms with van der Waals surface area (Å²) in [6, 6.07) is 29.8. The topological polar surface area (TPSA) is 54.5 Å². The van der Waals surface area contributed by atoms with Crippen LogP contribution in [-0.4, -0.2) is 20.6 Å². The number of allylic oxidation sites excluding steroid dienone is 1. The van der Waals surface area contributed by atoms with Gasteiger partial charge in [-0.05, 0) is 51.1 Å². The third-order valence-electron chi connectivity index (χ3n) is 4.83. The van der Waals surface area contributed by atoms with Gasteiger partial charge in [0, 0.05) is 0 Å². The maximum atomic E-state index is 3.94. The number of nitrogens with one attached hydrogen (secondary N) is 1. The van der Waals surface area contributed by atoms with Crippen LogP contribution in [-0.2, 0) is 0 Å². The second kappa shape index (κ2) is 8.93. The molecule has 0 radical (unpaired) electrons. The van der Waals surface area contributed by atoms with Crippen molar-refractivity contribution in [1.29, 1.82) is 0 Å². The van der Waals surface area contributed by atoms with Gasteiger partial charge in [-0.1, -0.05) is 97.9 Å². The van der Waals surface area contributed by atoms with Crippen molar-refractivity contribution >= 4 is 23.3 Å². The lowest BCUT2D eigenvalue weighted by molar-refractivity contribution is 0.881. The maximum absolute atomic E-state index is 3.94. The Bertz CT molecular complexity index is 1090. The highest BCUT2D eigenvalue weighted by atomic mass is 15.5. The van der Waals surface area contributed by atoms with Crippen LogP contribution in [0, 0.1) is 0 Å². The number of nitrogens with zero attached hydrogens (tertiary/aromatic N) is 3. The van der Waals surface area contributed by atoms with Crippen LogP contribution in [0.2, 0.25) is 0 Å². The summed E-state index contributed by atoms with van der Waals surface area (Å²) in [5.41, 5.74) is 7.38. The normalized spacial score (nSPS) is 12.2. The summed E-state index contributed by atoms with van der Waals surface area (Å²) in [5, 5.41) is 13.9. The first kappa shape index (κ1) is 18.6. The molecule has 0 atom stereocenters. The van der Waals surface area contributed by atoms with Gasteiger partial charge in [-0.15, -0.1) is 10.2 Å². The van der Waals surface area contributed by atoms with E-state index in [0.717, 1.165) is 12.0 Å². The number of tetrazole rings is 1. The van der Waals surface area contributed by atoms with Crippen molar-refractivity contribution in [3.8, 4) is 0 Å². The minimum absolute atomic E-state index is 0.566. The minimum atomic E-state index is 0.566. The van der Waals surface area contributed by atoms with Gasteiger partial charge >= 0.3 is 0 Å². The van der Waals surface area contributed by atoms with Crippen molar-refractivity contribution in [1.82, 2.24) is 20.6 Å². The highest BCUT2D eigenvalue weighted by molar-refractivity contribution is 5.98. The van der Waals surface area contributed by atoms with E-state index < -0.39 is 0 Å². The van der Waals surface area contributed by atoms with Crippen molar-refractivity contribution in [2.45, 2.75) is 13.3 Å². The molecular weight excluding hydrogens is 356 g/mol. The zero-order valence-electron chi connectivity index (χ0n) is 16.3. The van der Waals surface area contributed by atoms with Gasteiger partial charge < -0.3 is 0 Å². The molecule has 1 N–H and O–H groups in total. The Balaban J connectivity index is 1.77. The van der Waals surface area contributed by atoms with Gasteiger partial charge in [0.15, 0.2) is 5.82 Å². The summed E-state index contributed by atoms with van der Waals surface area (Å²) in [5.74, 6) is 0.566. The Morgan fingerprint density at radius 3 is 1.97 bits per heavy atom. The van der Waals surface area contributed by atoms with E-state index in [9.17, 15) is 0 Å². The predicted octanol–water partition coefficient (Wildman–Crippen LogP) is 5.74. The number of benzene rings is 3. The van der Waals surface area contributed by atoms with Gasteiger partial charge in [0.2, 0.25) is 0 Å². The molecule has 0 aliphatic rings. The van der Waals surface area contributed by atoms with E-state index in [2.05, 4.69) is 112 Å². The van der Waals surface area contributed by atoms with Crippen LogP contribution in [0.3, 0.4) is 0 Å². The van der Waals surface area contributed by atoms with Gasteiger partial charge in [0.25, 0.3) is 0 Å². The molecule has 0 aliphatic carbocycles. The van der Waals surface area contributed by atoms with Crippen LogP contribution in [0.15, 0.2) is 84.9 Å². The maximum Gasteiger partial charge on any atom is 0.197 e. The van der Waals surface area contributed by atoms with Crippen LogP contribution in [0.5, 0.6) is 0 Å². The van der Waals surface area contributed by atoms with Crippen LogP contribution in [0.25, 0.3) is 23.3 Å². The summed E-state index contributed by atoms with van der Waals surface area (Å²) in [4.78, 5) is 0. The molecule has 3 aromatic carbocycles. The van der Waals surface area contributed by atoms with E-state index in [4.69, 9.17) is 0 Å². The molecule has 0 bridgehead atoms. The lowest BCUT2D eigenvalue weighted by Gasteiger charge is -2.16.